The Balaban J connectivity index is 1.85. The first-order valence-corrected chi connectivity index (χ1v) is 6.84. The van der Waals surface area contributed by atoms with Gasteiger partial charge in [-0.25, -0.2) is 0 Å². The van der Waals surface area contributed by atoms with Crippen LogP contribution in [0.2, 0.25) is 0 Å². The predicted octanol–water partition coefficient (Wildman–Crippen LogP) is 2.88. The third kappa shape index (κ3) is 3.64. The van der Waals surface area contributed by atoms with E-state index in [-0.39, 0.29) is 5.91 Å². The molecule has 1 heterocycles. The first-order chi connectivity index (χ1) is 8.25. The number of carbonyl (C=O) groups excluding carboxylic acids is 1. The lowest BCUT2D eigenvalue weighted by Gasteiger charge is -2.04. The van der Waals surface area contributed by atoms with Gasteiger partial charge in [0.2, 0.25) is 0 Å². The Kier molecular flexibility index (Phi) is 4.28. The Bertz CT molecular complexity index is 499. The summed E-state index contributed by atoms with van der Waals surface area (Å²) in [7, 11) is 0. The summed E-state index contributed by atoms with van der Waals surface area (Å²) in [5, 5.41) is 2.88. The minimum absolute atomic E-state index is 0.0455. The van der Waals surface area contributed by atoms with Gasteiger partial charge in [-0.3, -0.25) is 9.78 Å². The molecule has 5 heteroatoms. The number of carbonyl (C=O) groups is 1. The maximum absolute atomic E-state index is 11.8. The molecule has 0 aliphatic heterocycles. The average molecular weight is 311 g/mol. The van der Waals surface area contributed by atoms with E-state index in [0.29, 0.717) is 12.1 Å². The van der Waals surface area contributed by atoms with Crippen LogP contribution in [0.5, 0.6) is 0 Å². The molecule has 0 aliphatic rings. The molecule has 0 saturated heterocycles. The number of rotatable bonds is 4. The zero-order valence-corrected chi connectivity index (χ0v) is 11.4. The monoisotopic (exact) mass is 310 g/mol. The molecule has 0 spiro atoms. The molecule has 2 aromatic rings. The zero-order valence-electron chi connectivity index (χ0n) is 9.02. The summed E-state index contributed by atoms with van der Waals surface area (Å²) in [4.78, 5) is 17.0. The van der Waals surface area contributed by atoms with Gasteiger partial charge in [0.05, 0.1) is 5.51 Å². The molecule has 3 nitrogen and oxygen atoms in total. The molecule has 1 N–H and O–H groups in total. The summed E-state index contributed by atoms with van der Waals surface area (Å²) in [6.45, 7) is 0.632. The van der Waals surface area contributed by atoms with Gasteiger partial charge in [-0.1, -0.05) is 22.0 Å². The summed E-state index contributed by atoms with van der Waals surface area (Å²) in [5.74, 6) is -0.0455. The lowest BCUT2D eigenvalue weighted by Crippen LogP contribution is -2.25. The highest BCUT2D eigenvalue weighted by Gasteiger charge is 2.05. The standard InChI is InChI=1S/C12H11BrN2OS/c13-10-3-1-2-9(6-10)12(16)15-5-4-11-7-14-8-17-11/h1-3,6-8H,4-5H2,(H,15,16). The van der Waals surface area contributed by atoms with Gasteiger partial charge in [0.1, 0.15) is 0 Å². The molecule has 0 saturated carbocycles. The van der Waals surface area contributed by atoms with Crippen LogP contribution in [0.15, 0.2) is 40.4 Å². The molecule has 1 aromatic heterocycles. The van der Waals surface area contributed by atoms with Crippen molar-refractivity contribution >= 4 is 33.2 Å². The van der Waals surface area contributed by atoms with Crippen LogP contribution in [-0.4, -0.2) is 17.4 Å². The van der Waals surface area contributed by atoms with Crippen molar-refractivity contribution in [3.05, 3.63) is 50.9 Å². The van der Waals surface area contributed by atoms with Crippen molar-refractivity contribution in [1.82, 2.24) is 10.3 Å². The molecule has 0 aliphatic carbocycles. The zero-order chi connectivity index (χ0) is 12.1. The number of aromatic nitrogens is 1. The number of hydrogen-bond acceptors (Lipinski definition) is 3. The molecule has 2 rings (SSSR count). The van der Waals surface area contributed by atoms with Crippen LogP contribution in [-0.2, 0) is 6.42 Å². The fourth-order valence-corrected chi connectivity index (χ4v) is 2.39. The van der Waals surface area contributed by atoms with E-state index in [1.807, 2.05) is 24.4 Å². The van der Waals surface area contributed by atoms with Crippen molar-refractivity contribution in [2.45, 2.75) is 6.42 Å². The molecule has 0 unspecified atom stereocenters. The van der Waals surface area contributed by atoms with Crippen LogP contribution in [0.3, 0.4) is 0 Å². The second-order valence-corrected chi connectivity index (χ2v) is 5.37. The van der Waals surface area contributed by atoms with Gasteiger partial charge in [-0.05, 0) is 18.2 Å². The summed E-state index contributed by atoms with van der Waals surface area (Å²) < 4.78 is 0.910. The van der Waals surface area contributed by atoms with Crippen LogP contribution in [0.4, 0.5) is 0 Å². The average Bonchev–Trinajstić information content (AvgIpc) is 2.82. The SMILES string of the molecule is O=C(NCCc1cncs1)c1cccc(Br)c1. The summed E-state index contributed by atoms with van der Waals surface area (Å²) >= 11 is 4.95. The number of nitrogens with zero attached hydrogens (tertiary/aromatic N) is 1. The molecular weight excluding hydrogens is 300 g/mol. The second kappa shape index (κ2) is 5.93. The molecule has 17 heavy (non-hydrogen) atoms. The number of amides is 1. The highest BCUT2D eigenvalue weighted by molar-refractivity contribution is 9.10. The normalized spacial score (nSPS) is 10.2. The Morgan fingerprint density at radius 1 is 1.47 bits per heavy atom. The first kappa shape index (κ1) is 12.3. The maximum Gasteiger partial charge on any atom is 0.251 e. The van der Waals surface area contributed by atoms with Crippen LogP contribution < -0.4 is 5.32 Å². The van der Waals surface area contributed by atoms with Gasteiger partial charge < -0.3 is 5.32 Å². The molecule has 0 fully saturated rings. The van der Waals surface area contributed by atoms with Crippen molar-refractivity contribution in [1.29, 1.82) is 0 Å². The molecular formula is C12H11BrN2OS. The largest absolute Gasteiger partial charge is 0.352 e. The minimum atomic E-state index is -0.0455. The number of halogens is 1. The molecule has 88 valence electrons. The van der Waals surface area contributed by atoms with Crippen LogP contribution in [0.25, 0.3) is 0 Å². The Labute approximate surface area is 112 Å². The van der Waals surface area contributed by atoms with E-state index in [1.165, 1.54) is 4.88 Å². The predicted molar refractivity (Wildman–Crippen MR) is 72.3 cm³/mol. The maximum atomic E-state index is 11.8. The number of nitrogens with one attached hydrogen (secondary N) is 1. The fraction of sp³-hybridized carbons (Fsp3) is 0.167. The van der Waals surface area contributed by atoms with E-state index in [4.69, 9.17) is 0 Å². The minimum Gasteiger partial charge on any atom is -0.352 e. The van der Waals surface area contributed by atoms with E-state index in [0.717, 1.165) is 10.9 Å². The third-order valence-electron chi connectivity index (χ3n) is 2.23. The topological polar surface area (TPSA) is 42.0 Å². The Hall–Kier alpha value is -1.20. The van der Waals surface area contributed by atoms with E-state index in [1.54, 1.807) is 22.9 Å². The fourth-order valence-electron chi connectivity index (χ4n) is 1.40. The quantitative estimate of drug-likeness (QED) is 0.943. The molecule has 1 aromatic carbocycles. The van der Waals surface area contributed by atoms with E-state index < -0.39 is 0 Å². The van der Waals surface area contributed by atoms with Crippen molar-refractivity contribution in [2.75, 3.05) is 6.54 Å². The number of hydrogen-bond donors (Lipinski definition) is 1. The summed E-state index contributed by atoms with van der Waals surface area (Å²) in [6, 6.07) is 7.35. The number of benzene rings is 1. The van der Waals surface area contributed by atoms with Crippen LogP contribution in [0, 0.1) is 0 Å². The lowest BCUT2D eigenvalue weighted by molar-refractivity contribution is 0.0954. The van der Waals surface area contributed by atoms with Crippen molar-refractivity contribution in [3.63, 3.8) is 0 Å². The van der Waals surface area contributed by atoms with Crippen molar-refractivity contribution < 1.29 is 4.79 Å². The summed E-state index contributed by atoms with van der Waals surface area (Å²) in [6.07, 6.45) is 2.65. The van der Waals surface area contributed by atoms with Gasteiger partial charge >= 0.3 is 0 Å². The third-order valence-corrected chi connectivity index (χ3v) is 3.56. The highest BCUT2D eigenvalue weighted by atomic mass is 79.9. The van der Waals surface area contributed by atoms with Gasteiger partial charge in [0, 0.05) is 34.1 Å². The second-order valence-electron chi connectivity index (χ2n) is 3.48. The number of thiazole rings is 1. The first-order valence-electron chi connectivity index (χ1n) is 5.17. The van der Waals surface area contributed by atoms with E-state index in [2.05, 4.69) is 26.2 Å². The lowest BCUT2D eigenvalue weighted by atomic mass is 10.2. The van der Waals surface area contributed by atoms with Crippen molar-refractivity contribution in [3.8, 4) is 0 Å². The van der Waals surface area contributed by atoms with Crippen molar-refractivity contribution in [2.24, 2.45) is 0 Å². The molecule has 0 bridgehead atoms. The molecule has 0 atom stereocenters. The van der Waals surface area contributed by atoms with Gasteiger partial charge in [0.25, 0.3) is 5.91 Å². The molecule has 1 amide bonds. The molecule has 0 radical (unpaired) electrons. The van der Waals surface area contributed by atoms with Gasteiger partial charge in [-0.15, -0.1) is 11.3 Å². The Morgan fingerprint density at radius 2 is 2.35 bits per heavy atom. The van der Waals surface area contributed by atoms with E-state index in [9.17, 15) is 4.79 Å². The van der Waals surface area contributed by atoms with Gasteiger partial charge in [-0.2, -0.15) is 0 Å². The highest BCUT2D eigenvalue weighted by Crippen LogP contribution is 2.11. The van der Waals surface area contributed by atoms with Crippen LogP contribution >= 0.6 is 27.3 Å². The van der Waals surface area contributed by atoms with Gasteiger partial charge in [0.15, 0.2) is 0 Å². The Morgan fingerprint density at radius 3 is 3.06 bits per heavy atom. The van der Waals surface area contributed by atoms with E-state index >= 15 is 0 Å². The summed E-state index contributed by atoms with van der Waals surface area (Å²) in [5.41, 5.74) is 2.47. The smallest absolute Gasteiger partial charge is 0.251 e. The van der Waals surface area contributed by atoms with Crippen LogP contribution in [0.1, 0.15) is 15.2 Å².